The number of nitrogens with zero attached hydrogens (tertiary/aromatic N) is 3. The highest BCUT2D eigenvalue weighted by molar-refractivity contribution is 5.98. The lowest BCUT2D eigenvalue weighted by Gasteiger charge is -2.36. The van der Waals surface area contributed by atoms with Crippen molar-refractivity contribution in [3.05, 3.63) is 35.9 Å². The van der Waals surface area contributed by atoms with Gasteiger partial charge in [-0.15, -0.1) is 0 Å². The van der Waals surface area contributed by atoms with Crippen molar-refractivity contribution in [3.63, 3.8) is 0 Å². The number of amides is 2. The fraction of sp³-hybridized carbons (Fsp3) is 0.500. The van der Waals surface area contributed by atoms with Crippen LogP contribution in [0, 0.1) is 11.8 Å². The van der Waals surface area contributed by atoms with Gasteiger partial charge >= 0.3 is 0 Å². The van der Waals surface area contributed by atoms with E-state index in [1.54, 1.807) is 28.4 Å². The van der Waals surface area contributed by atoms with Crippen molar-refractivity contribution in [2.45, 2.75) is 31.7 Å². The minimum absolute atomic E-state index is 0.0454. The molecular weight excluding hydrogens is 510 g/mol. The Labute approximate surface area is 235 Å². The number of fused-ring (bicyclic) bond motifs is 1. The molecule has 0 radical (unpaired) electrons. The summed E-state index contributed by atoms with van der Waals surface area (Å²) in [6, 6.07) is 9.45. The minimum atomic E-state index is -0.0836. The molecule has 2 N–H and O–H groups in total. The van der Waals surface area contributed by atoms with Crippen LogP contribution in [0.1, 0.15) is 42.1 Å². The molecule has 1 aromatic heterocycles. The van der Waals surface area contributed by atoms with E-state index < -0.39 is 0 Å². The molecule has 10 heteroatoms. The van der Waals surface area contributed by atoms with E-state index in [9.17, 15) is 9.59 Å². The van der Waals surface area contributed by atoms with Crippen molar-refractivity contribution in [1.29, 1.82) is 0 Å². The van der Waals surface area contributed by atoms with Crippen LogP contribution in [0.4, 0.5) is 0 Å². The molecule has 1 saturated heterocycles. The van der Waals surface area contributed by atoms with Gasteiger partial charge in [0.1, 0.15) is 5.82 Å². The third-order valence-corrected chi connectivity index (χ3v) is 8.36. The Morgan fingerprint density at radius 3 is 2.27 bits per heavy atom. The van der Waals surface area contributed by atoms with Crippen molar-refractivity contribution < 1.29 is 23.8 Å². The molecule has 1 saturated carbocycles. The van der Waals surface area contributed by atoms with Gasteiger partial charge in [-0.05, 0) is 82.1 Å². The van der Waals surface area contributed by atoms with Gasteiger partial charge in [0.05, 0.1) is 32.4 Å². The van der Waals surface area contributed by atoms with Gasteiger partial charge in [0, 0.05) is 36.7 Å². The summed E-state index contributed by atoms with van der Waals surface area (Å²) < 4.78 is 18.9. The zero-order chi connectivity index (χ0) is 28.4. The van der Waals surface area contributed by atoms with Crippen molar-refractivity contribution in [2.75, 3.05) is 55.1 Å². The third kappa shape index (κ3) is 5.32. The molecule has 3 aromatic rings. The van der Waals surface area contributed by atoms with Crippen molar-refractivity contribution in [2.24, 2.45) is 11.8 Å². The van der Waals surface area contributed by atoms with Crippen LogP contribution in [-0.4, -0.2) is 81.3 Å². The molecule has 0 atom stereocenters. The highest BCUT2D eigenvalue weighted by atomic mass is 16.5. The Morgan fingerprint density at radius 2 is 1.68 bits per heavy atom. The number of aromatic nitrogens is 2. The number of benzene rings is 2. The van der Waals surface area contributed by atoms with Crippen LogP contribution in [0.25, 0.3) is 22.4 Å². The molecule has 0 unspecified atom stereocenters. The van der Waals surface area contributed by atoms with Gasteiger partial charge in [0.15, 0.2) is 11.5 Å². The zero-order valence-electron chi connectivity index (χ0n) is 24.0. The normalized spacial score (nSPS) is 19.6. The molecule has 0 spiro atoms. The van der Waals surface area contributed by atoms with E-state index in [1.807, 2.05) is 30.3 Å². The maximum Gasteiger partial charge on any atom is 0.251 e. The van der Waals surface area contributed by atoms with Gasteiger partial charge in [0.25, 0.3) is 5.91 Å². The molecule has 1 aliphatic heterocycles. The standard InChI is InChI=1S/C30H39N5O5/c1-31-29(36)21-12-22(13-21)35-24-14-19(30(37)32-17-18-8-10-34(2)11-9-18)6-7-23(24)33-28(35)20-15-25(38-3)27(40-5)26(16-20)39-4/h6-7,14-16,18,21-22H,8-13,17H2,1-5H3,(H,31,36)(H,32,37). The lowest BCUT2D eigenvalue weighted by atomic mass is 9.79. The van der Waals surface area contributed by atoms with E-state index in [0.29, 0.717) is 48.1 Å². The van der Waals surface area contributed by atoms with E-state index >= 15 is 0 Å². The summed E-state index contributed by atoms with van der Waals surface area (Å²) in [7, 11) is 8.54. The van der Waals surface area contributed by atoms with E-state index in [4.69, 9.17) is 19.2 Å². The molecule has 2 aromatic carbocycles. The first kappa shape index (κ1) is 27.8. The number of likely N-dealkylation sites (tertiary alicyclic amines) is 1. The van der Waals surface area contributed by atoms with E-state index in [0.717, 1.165) is 48.4 Å². The topological polar surface area (TPSA) is 107 Å². The van der Waals surface area contributed by atoms with Crippen LogP contribution in [0.2, 0.25) is 0 Å². The van der Waals surface area contributed by atoms with Crippen LogP contribution < -0.4 is 24.8 Å². The van der Waals surface area contributed by atoms with E-state index in [1.165, 1.54) is 0 Å². The van der Waals surface area contributed by atoms with E-state index in [-0.39, 0.29) is 23.8 Å². The molecule has 5 rings (SSSR count). The number of methoxy groups -OCH3 is 3. The van der Waals surface area contributed by atoms with Crippen molar-refractivity contribution in [3.8, 4) is 28.6 Å². The molecule has 2 heterocycles. The number of hydrogen-bond donors (Lipinski definition) is 2. The second kappa shape index (κ2) is 11.8. The Hall–Kier alpha value is -3.79. The first-order chi connectivity index (χ1) is 19.4. The molecule has 214 valence electrons. The van der Waals surface area contributed by atoms with Crippen LogP contribution in [-0.2, 0) is 4.79 Å². The van der Waals surface area contributed by atoms with Gasteiger partial charge in [-0.25, -0.2) is 4.98 Å². The van der Waals surface area contributed by atoms with Gasteiger partial charge in [0.2, 0.25) is 11.7 Å². The Balaban J connectivity index is 1.51. The highest BCUT2D eigenvalue weighted by Gasteiger charge is 2.37. The fourth-order valence-electron chi connectivity index (χ4n) is 5.84. The van der Waals surface area contributed by atoms with Gasteiger partial charge in [-0.1, -0.05) is 0 Å². The maximum atomic E-state index is 13.2. The predicted molar refractivity (Wildman–Crippen MR) is 153 cm³/mol. The summed E-state index contributed by atoms with van der Waals surface area (Å²) in [5.74, 6) is 2.69. The average molecular weight is 550 g/mol. The number of piperidine rings is 1. The quantitative estimate of drug-likeness (QED) is 0.421. The Bertz CT molecular complexity index is 1360. The zero-order valence-corrected chi connectivity index (χ0v) is 24.0. The highest BCUT2D eigenvalue weighted by Crippen LogP contribution is 2.45. The molecule has 10 nitrogen and oxygen atoms in total. The predicted octanol–water partition coefficient (Wildman–Crippen LogP) is 3.50. The van der Waals surface area contributed by atoms with Gasteiger partial charge < -0.3 is 34.3 Å². The molecule has 2 amide bonds. The summed E-state index contributed by atoms with van der Waals surface area (Å²) in [6.45, 7) is 2.80. The smallest absolute Gasteiger partial charge is 0.251 e. The second-order valence-corrected chi connectivity index (χ2v) is 10.8. The summed E-state index contributed by atoms with van der Waals surface area (Å²) >= 11 is 0. The largest absolute Gasteiger partial charge is 0.493 e. The SMILES string of the molecule is CNC(=O)C1CC(n2c(-c3cc(OC)c(OC)c(OC)c3)nc3ccc(C(=O)NCC4CCN(C)CC4)cc32)C1. The molecule has 1 aliphatic carbocycles. The summed E-state index contributed by atoms with van der Waals surface area (Å²) in [6.07, 6.45) is 3.56. The van der Waals surface area contributed by atoms with Crippen LogP contribution in [0.5, 0.6) is 17.2 Å². The first-order valence-corrected chi connectivity index (χ1v) is 13.9. The summed E-state index contributed by atoms with van der Waals surface area (Å²) in [5, 5.41) is 5.91. The number of nitrogens with one attached hydrogen (secondary N) is 2. The number of carbonyl (C=O) groups is 2. The van der Waals surface area contributed by atoms with Gasteiger partial charge in [-0.2, -0.15) is 0 Å². The molecule has 0 bridgehead atoms. The molecule has 40 heavy (non-hydrogen) atoms. The average Bonchev–Trinajstić information content (AvgIpc) is 3.33. The molecule has 2 fully saturated rings. The van der Waals surface area contributed by atoms with Crippen molar-refractivity contribution in [1.82, 2.24) is 25.1 Å². The first-order valence-electron chi connectivity index (χ1n) is 13.9. The number of imidazole rings is 1. The van der Waals surface area contributed by atoms with Gasteiger partial charge in [-0.3, -0.25) is 9.59 Å². The Kier molecular flexibility index (Phi) is 8.16. The fourth-order valence-corrected chi connectivity index (χ4v) is 5.84. The second-order valence-electron chi connectivity index (χ2n) is 10.8. The molecular formula is C30H39N5O5. The lowest BCUT2D eigenvalue weighted by molar-refractivity contribution is -0.128. The van der Waals surface area contributed by atoms with Crippen molar-refractivity contribution >= 4 is 22.8 Å². The lowest BCUT2D eigenvalue weighted by Crippen LogP contribution is -2.38. The van der Waals surface area contributed by atoms with E-state index in [2.05, 4.69) is 27.1 Å². The Morgan fingerprint density at radius 1 is 1.00 bits per heavy atom. The number of carbonyl (C=O) groups excluding carboxylic acids is 2. The van der Waals surface area contributed by atoms with Crippen LogP contribution in [0.15, 0.2) is 30.3 Å². The minimum Gasteiger partial charge on any atom is -0.493 e. The maximum absolute atomic E-state index is 13.2. The molecule has 2 aliphatic rings. The number of hydrogen-bond acceptors (Lipinski definition) is 7. The summed E-state index contributed by atoms with van der Waals surface area (Å²) in [4.78, 5) is 32.8. The third-order valence-electron chi connectivity index (χ3n) is 8.36. The summed E-state index contributed by atoms with van der Waals surface area (Å²) in [5.41, 5.74) is 3.03. The number of ether oxygens (including phenoxy) is 3. The monoisotopic (exact) mass is 549 g/mol. The van der Waals surface area contributed by atoms with Crippen LogP contribution in [0.3, 0.4) is 0 Å². The number of rotatable bonds is 9. The van der Waals surface area contributed by atoms with Crippen LogP contribution >= 0.6 is 0 Å².